The van der Waals surface area contributed by atoms with Crippen LogP contribution in [-0.2, 0) is 6.54 Å². The van der Waals surface area contributed by atoms with Gasteiger partial charge in [0.1, 0.15) is 5.03 Å². The summed E-state index contributed by atoms with van der Waals surface area (Å²) in [5.74, 6) is 0.979. The summed E-state index contributed by atoms with van der Waals surface area (Å²) in [5.41, 5.74) is 6.52. The van der Waals surface area contributed by atoms with Crippen molar-refractivity contribution in [2.24, 2.45) is 0 Å². The second-order valence-electron chi connectivity index (χ2n) is 5.85. The SMILES string of the molecule is Cc1ccc(-c2ccc(CNCCSc3cn[nH]n3)cc2)c(C)c1. The number of aromatic nitrogens is 3. The minimum Gasteiger partial charge on any atom is -0.312 e. The molecule has 2 N–H and O–H groups in total. The number of nitrogens with one attached hydrogen (secondary N) is 2. The van der Waals surface area contributed by atoms with E-state index in [1.54, 1.807) is 18.0 Å². The summed E-state index contributed by atoms with van der Waals surface area (Å²) >= 11 is 1.70. The third-order valence-corrected chi connectivity index (χ3v) is 4.80. The summed E-state index contributed by atoms with van der Waals surface area (Å²) in [7, 11) is 0. The van der Waals surface area contributed by atoms with Gasteiger partial charge in [-0.25, -0.2) is 0 Å². The molecule has 0 aliphatic carbocycles. The number of benzene rings is 2. The fourth-order valence-corrected chi connectivity index (χ4v) is 3.35. The van der Waals surface area contributed by atoms with Gasteiger partial charge in [0.15, 0.2) is 0 Å². The van der Waals surface area contributed by atoms with E-state index >= 15 is 0 Å². The zero-order valence-electron chi connectivity index (χ0n) is 14.0. The molecule has 0 bridgehead atoms. The van der Waals surface area contributed by atoms with E-state index < -0.39 is 0 Å². The second-order valence-corrected chi connectivity index (χ2v) is 6.96. The molecule has 0 saturated heterocycles. The highest BCUT2D eigenvalue weighted by molar-refractivity contribution is 7.99. The van der Waals surface area contributed by atoms with Crippen LogP contribution in [0, 0.1) is 13.8 Å². The van der Waals surface area contributed by atoms with Crippen LogP contribution in [0.25, 0.3) is 11.1 Å². The lowest BCUT2D eigenvalue weighted by Gasteiger charge is -2.09. The van der Waals surface area contributed by atoms with E-state index in [4.69, 9.17) is 0 Å². The van der Waals surface area contributed by atoms with Crippen LogP contribution in [-0.4, -0.2) is 27.7 Å². The van der Waals surface area contributed by atoms with E-state index in [0.717, 1.165) is 23.9 Å². The molecule has 2 aromatic carbocycles. The quantitative estimate of drug-likeness (QED) is 0.505. The zero-order chi connectivity index (χ0) is 16.8. The lowest BCUT2D eigenvalue weighted by molar-refractivity contribution is 0.732. The molecular formula is C19H22N4S. The largest absolute Gasteiger partial charge is 0.312 e. The van der Waals surface area contributed by atoms with Crippen LogP contribution in [0.4, 0.5) is 0 Å². The van der Waals surface area contributed by atoms with Crippen LogP contribution in [0.1, 0.15) is 16.7 Å². The van der Waals surface area contributed by atoms with Gasteiger partial charge in [-0.05, 0) is 36.1 Å². The highest BCUT2D eigenvalue weighted by Crippen LogP contribution is 2.24. The topological polar surface area (TPSA) is 53.6 Å². The number of aryl methyl sites for hydroxylation is 2. The first-order chi connectivity index (χ1) is 11.7. The average molecular weight is 338 g/mol. The van der Waals surface area contributed by atoms with Gasteiger partial charge in [0.2, 0.25) is 0 Å². The van der Waals surface area contributed by atoms with Crippen molar-refractivity contribution >= 4 is 11.8 Å². The highest BCUT2D eigenvalue weighted by atomic mass is 32.2. The molecule has 0 radical (unpaired) electrons. The first-order valence-corrected chi connectivity index (χ1v) is 9.07. The fourth-order valence-electron chi connectivity index (χ4n) is 2.66. The Kier molecular flexibility index (Phi) is 5.67. The summed E-state index contributed by atoms with van der Waals surface area (Å²) in [4.78, 5) is 0. The molecule has 0 saturated carbocycles. The molecule has 0 spiro atoms. The third-order valence-electron chi connectivity index (χ3n) is 3.90. The molecular weight excluding hydrogens is 316 g/mol. The van der Waals surface area contributed by atoms with Gasteiger partial charge in [-0.1, -0.05) is 48.0 Å². The first kappa shape index (κ1) is 16.7. The van der Waals surface area contributed by atoms with Crippen molar-refractivity contribution in [3.8, 4) is 11.1 Å². The number of rotatable bonds is 7. The third kappa shape index (κ3) is 4.46. The minimum absolute atomic E-state index is 0.881. The number of thioether (sulfide) groups is 1. The number of hydrogen-bond donors (Lipinski definition) is 2. The first-order valence-electron chi connectivity index (χ1n) is 8.08. The zero-order valence-corrected chi connectivity index (χ0v) is 14.9. The fraction of sp³-hybridized carbons (Fsp3) is 0.263. The average Bonchev–Trinajstić information content (AvgIpc) is 3.09. The van der Waals surface area contributed by atoms with Crippen LogP contribution >= 0.6 is 11.8 Å². The molecule has 0 aliphatic rings. The van der Waals surface area contributed by atoms with Crippen LogP contribution in [0.2, 0.25) is 0 Å². The van der Waals surface area contributed by atoms with Gasteiger partial charge >= 0.3 is 0 Å². The number of H-pyrrole nitrogens is 1. The van der Waals surface area contributed by atoms with Crippen LogP contribution in [0.15, 0.2) is 53.7 Å². The van der Waals surface area contributed by atoms with E-state index in [9.17, 15) is 0 Å². The van der Waals surface area contributed by atoms with Gasteiger partial charge in [-0.15, -0.1) is 16.9 Å². The Morgan fingerprint density at radius 3 is 2.62 bits per heavy atom. The molecule has 0 amide bonds. The van der Waals surface area contributed by atoms with Gasteiger partial charge in [-0.3, -0.25) is 0 Å². The normalized spacial score (nSPS) is 10.9. The molecule has 1 aromatic heterocycles. The molecule has 1 heterocycles. The number of hydrogen-bond acceptors (Lipinski definition) is 4. The van der Waals surface area contributed by atoms with E-state index in [1.807, 2.05) is 0 Å². The summed E-state index contributed by atoms with van der Waals surface area (Å²) in [6, 6.07) is 15.4. The Balaban J connectivity index is 1.49. The van der Waals surface area contributed by atoms with Gasteiger partial charge in [0.25, 0.3) is 0 Å². The standard InChI is InChI=1S/C19H22N4S/c1-14-3-8-18(15(2)11-14)17-6-4-16(5-7-17)12-20-9-10-24-19-13-21-23-22-19/h3-8,11,13,20H,9-10,12H2,1-2H3,(H,21,22,23). The molecule has 0 unspecified atom stereocenters. The monoisotopic (exact) mass is 338 g/mol. The smallest absolute Gasteiger partial charge is 0.138 e. The van der Waals surface area contributed by atoms with Crippen LogP contribution < -0.4 is 5.32 Å². The van der Waals surface area contributed by atoms with Crippen molar-refractivity contribution in [1.82, 2.24) is 20.7 Å². The summed E-state index contributed by atoms with van der Waals surface area (Å²) < 4.78 is 0. The second kappa shape index (κ2) is 8.13. The van der Waals surface area contributed by atoms with Crippen molar-refractivity contribution in [3.63, 3.8) is 0 Å². The molecule has 5 heteroatoms. The molecule has 0 atom stereocenters. The van der Waals surface area contributed by atoms with Crippen molar-refractivity contribution in [1.29, 1.82) is 0 Å². The molecule has 4 nitrogen and oxygen atoms in total. The maximum absolute atomic E-state index is 4.02. The summed E-state index contributed by atoms with van der Waals surface area (Å²) in [5, 5.41) is 14.8. The Morgan fingerprint density at radius 2 is 1.92 bits per heavy atom. The predicted octanol–water partition coefficient (Wildman–Crippen LogP) is 3.97. The Labute approximate surface area is 147 Å². The van der Waals surface area contributed by atoms with Crippen LogP contribution in [0.3, 0.4) is 0 Å². The van der Waals surface area contributed by atoms with Crippen LogP contribution in [0.5, 0.6) is 0 Å². The Morgan fingerprint density at radius 1 is 1.08 bits per heavy atom. The molecule has 0 fully saturated rings. The number of aromatic amines is 1. The van der Waals surface area contributed by atoms with Gasteiger partial charge in [0, 0.05) is 18.8 Å². The van der Waals surface area contributed by atoms with E-state index in [0.29, 0.717) is 0 Å². The predicted molar refractivity (Wildman–Crippen MR) is 100 cm³/mol. The Bertz CT molecular complexity index is 767. The van der Waals surface area contributed by atoms with Gasteiger partial charge in [-0.2, -0.15) is 10.3 Å². The van der Waals surface area contributed by atoms with E-state index in [-0.39, 0.29) is 0 Å². The van der Waals surface area contributed by atoms with Crippen molar-refractivity contribution in [2.75, 3.05) is 12.3 Å². The molecule has 3 aromatic rings. The maximum atomic E-state index is 4.02. The number of nitrogens with zero attached hydrogens (tertiary/aromatic N) is 2. The molecule has 24 heavy (non-hydrogen) atoms. The maximum Gasteiger partial charge on any atom is 0.138 e. The molecule has 3 rings (SSSR count). The van der Waals surface area contributed by atoms with E-state index in [1.165, 1.54) is 27.8 Å². The lowest BCUT2D eigenvalue weighted by Crippen LogP contribution is -2.16. The summed E-state index contributed by atoms with van der Waals surface area (Å²) in [6.45, 7) is 6.12. The Hall–Kier alpha value is -2.11. The minimum atomic E-state index is 0.881. The highest BCUT2D eigenvalue weighted by Gasteiger charge is 2.02. The van der Waals surface area contributed by atoms with Crippen molar-refractivity contribution in [3.05, 3.63) is 65.4 Å². The van der Waals surface area contributed by atoms with E-state index in [2.05, 4.69) is 77.0 Å². The lowest BCUT2D eigenvalue weighted by atomic mass is 9.98. The van der Waals surface area contributed by atoms with Gasteiger partial charge < -0.3 is 5.32 Å². The molecule has 124 valence electrons. The van der Waals surface area contributed by atoms with Crippen molar-refractivity contribution in [2.45, 2.75) is 25.4 Å². The molecule has 0 aliphatic heterocycles. The summed E-state index contributed by atoms with van der Waals surface area (Å²) in [6.07, 6.45) is 1.75. The van der Waals surface area contributed by atoms with Gasteiger partial charge in [0.05, 0.1) is 6.20 Å². The van der Waals surface area contributed by atoms with Crippen molar-refractivity contribution < 1.29 is 0 Å².